The molecule has 1 heterocycles. The van der Waals surface area contributed by atoms with Gasteiger partial charge >= 0.3 is 7.60 Å². The molecule has 3 nitrogen and oxygen atoms in total. The van der Waals surface area contributed by atoms with Gasteiger partial charge in [-0.2, -0.15) is 0 Å². The van der Waals surface area contributed by atoms with E-state index in [1.807, 2.05) is 20.8 Å². The molecule has 0 aromatic carbocycles. The van der Waals surface area contributed by atoms with E-state index in [4.69, 9.17) is 20.6 Å². The Bertz CT molecular complexity index is 217. The number of rotatable bonds is 2. The number of alkyl halides is 1. The first kappa shape index (κ1) is 10.5. The molecule has 0 spiro atoms. The van der Waals surface area contributed by atoms with Crippen LogP contribution in [0.15, 0.2) is 0 Å². The molecule has 1 unspecified atom stereocenters. The lowest BCUT2D eigenvalue weighted by molar-refractivity contribution is 0.0845. The predicted octanol–water partition coefficient (Wildman–Crippen LogP) is 2.63. The van der Waals surface area contributed by atoms with Gasteiger partial charge in [0.1, 0.15) is 0 Å². The molecular formula is C7H14ClO3P. The average molecular weight is 213 g/mol. The van der Waals surface area contributed by atoms with E-state index in [1.165, 1.54) is 0 Å². The van der Waals surface area contributed by atoms with Gasteiger partial charge in [-0.1, -0.05) is 0 Å². The highest BCUT2D eigenvalue weighted by molar-refractivity contribution is 7.54. The van der Waals surface area contributed by atoms with Crippen LogP contribution in [-0.2, 0) is 13.6 Å². The molecule has 0 N–H and O–H groups in total. The Morgan fingerprint density at radius 1 is 1.58 bits per heavy atom. The molecule has 0 aliphatic carbocycles. The van der Waals surface area contributed by atoms with Gasteiger partial charge < -0.3 is 4.52 Å². The maximum absolute atomic E-state index is 11.7. The third kappa shape index (κ3) is 2.02. The first-order valence-electron chi connectivity index (χ1n) is 3.94. The van der Waals surface area contributed by atoms with E-state index in [9.17, 15) is 4.57 Å². The third-order valence-corrected chi connectivity index (χ3v) is 4.64. The lowest BCUT2D eigenvalue weighted by atomic mass is 10.0. The molecule has 1 fully saturated rings. The summed E-state index contributed by atoms with van der Waals surface area (Å²) in [6.07, 6.45) is 0.161. The van der Waals surface area contributed by atoms with E-state index in [2.05, 4.69) is 0 Å². The van der Waals surface area contributed by atoms with Crippen LogP contribution in [0.2, 0.25) is 0 Å². The SMILES string of the molecule is C[C@H]1OP(=O)(CCCl)OC1(C)C. The van der Waals surface area contributed by atoms with Crippen molar-refractivity contribution in [2.45, 2.75) is 32.5 Å². The molecule has 0 bridgehead atoms. The summed E-state index contributed by atoms with van der Waals surface area (Å²) in [4.78, 5) is 0. The van der Waals surface area contributed by atoms with Gasteiger partial charge in [-0.05, 0) is 20.8 Å². The van der Waals surface area contributed by atoms with Crippen LogP contribution in [0.4, 0.5) is 0 Å². The van der Waals surface area contributed by atoms with Crippen LogP contribution in [0.25, 0.3) is 0 Å². The van der Waals surface area contributed by atoms with Gasteiger partial charge in [0.2, 0.25) is 0 Å². The van der Waals surface area contributed by atoms with Crippen molar-refractivity contribution in [3.05, 3.63) is 0 Å². The molecule has 2 atom stereocenters. The number of hydrogen-bond acceptors (Lipinski definition) is 3. The number of halogens is 1. The summed E-state index contributed by atoms with van der Waals surface area (Å²) >= 11 is 5.48. The Hall–Kier alpha value is 0.440. The van der Waals surface area contributed by atoms with Gasteiger partial charge in [0.05, 0.1) is 17.9 Å². The molecule has 1 saturated heterocycles. The minimum Gasteiger partial charge on any atom is -0.302 e. The summed E-state index contributed by atoms with van der Waals surface area (Å²) in [6, 6.07) is 0. The van der Waals surface area contributed by atoms with E-state index in [0.29, 0.717) is 12.0 Å². The monoisotopic (exact) mass is 212 g/mol. The maximum atomic E-state index is 11.7. The molecule has 12 heavy (non-hydrogen) atoms. The Balaban J connectivity index is 2.71. The molecule has 0 saturated carbocycles. The minimum atomic E-state index is -2.88. The van der Waals surface area contributed by atoms with Crippen LogP contribution >= 0.6 is 19.2 Å². The molecular weight excluding hydrogens is 199 g/mol. The quantitative estimate of drug-likeness (QED) is 0.522. The Morgan fingerprint density at radius 2 is 2.17 bits per heavy atom. The van der Waals surface area contributed by atoms with Crippen molar-refractivity contribution < 1.29 is 13.6 Å². The second-order valence-corrected chi connectivity index (χ2v) is 5.91. The van der Waals surface area contributed by atoms with Gasteiger partial charge in [-0.25, -0.2) is 0 Å². The fourth-order valence-electron chi connectivity index (χ4n) is 1.02. The van der Waals surface area contributed by atoms with E-state index in [0.717, 1.165) is 0 Å². The Labute approximate surface area is 77.9 Å². The first-order chi connectivity index (χ1) is 5.40. The molecule has 0 aromatic heterocycles. The standard InChI is InChI=1S/C7H14ClO3P/c1-6-7(2,3)11-12(9,10-6)5-4-8/h6H,4-5H2,1-3H3/t6-,12?/m1/s1. The average Bonchev–Trinajstić information content (AvgIpc) is 2.02. The van der Waals surface area contributed by atoms with Gasteiger partial charge in [0, 0.05) is 5.88 Å². The van der Waals surface area contributed by atoms with Gasteiger partial charge in [-0.3, -0.25) is 9.09 Å². The summed E-state index contributed by atoms with van der Waals surface area (Å²) in [5.74, 6) is 0.306. The van der Waals surface area contributed by atoms with Crippen molar-refractivity contribution in [2.75, 3.05) is 12.0 Å². The van der Waals surface area contributed by atoms with Crippen LogP contribution in [0.3, 0.4) is 0 Å². The van der Waals surface area contributed by atoms with Crippen molar-refractivity contribution in [1.82, 2.24) is 0 Å². The minimum absolute atomic E-state index is 0.133. The maximum Gasteiger partial charge on any atom is 0.332 e. The van der Waals surface area contributed by atoms with E-state index in [-0.39, 0.29) is 6.10 Å². The zero-order valence-electron chi connectivity index (χ0n) is 7.54. The third-order valence-electron chi connectivity index (χ3n) is 2.03. The normalized spacial score (nSPS) is 40.2. The van der Waals surface area contributed by atoms with Crippen molar-refractivity contribution in [2.24, 2.45) is 0 Å². The van der Waals surface area contributed by atoms with Crippen LogP contribution in [0.5, 0.6) is 0 Å². The largest absolute Gasteiger partial charge is 0.332 e. The zero-order valence-corrected chi connectivity index (χ0v) is 9.19. The molecule has 0 amide bonds. The lowest BCUT2D eigenvalue weighted by Gasteiger charge is -2.18. The second-order valence-electron chi connectivity index (χ2n) is 3.47. The van der Waals surface area contributed by atoms with Crippen LogP contribution in [-0.4, -0.2) is 23.7 Å². The first-order valence-corrected chi connectivity index (χ1v) is 6.20. The lowest BCUT2D eigenvalue weighted by Crippen LogP contribution is -2.29. The van der Waals surface area contributed by atoms with Gasteiger partial charge in [-0.15, -0.1) is 11.6 Å². The van der Waals surface area contributed by atoms with Crippen molar-refractivity contribution in [3.63, 3.8) is 0 Å². The highest BCUT2D eigenvalue weighted by atomic mass is 35.5. The summed E-state index contributed by atoms with van der Waals surface area (Å²) in [5.41, 5.74) is -0.457. The topological polar surface area (TPSA) is 35.5 Å². The van der Waals surface area contributed by atoms with Gasteiger partial charge in [0.25, 0.3) is 0 Å². The molecule has 0 aromatic rings. The summed E-state index contributed by atoms with van der Waals surface area (Å²) in [5, 5.41) is 0. The van der Waals surface area contributed by atoms with Crippen LogP contribution < -0.4 is 0 Å². The molecule has 0 radical (unpaired) electrons. The zero-order chi connectivity index (χ0) is 9.41. The van der Waals surface area contributed by atoms with E-state index in [1.54, 1.807) is 0 Å². The molecule has 72 valence electrons. The highest BCUT2D eigenvalue weighted by Crippen LogP contribution is 2.59. The van der Waals surface area contributed by atoms with Crippen molar-refractivity contribution in [1.29, 1.82) is 0 Å². The fraction of sp³-hybridized carbons (Fsp3) is 1.00. The summed E-state index contributed by atoms with van der Waals surface area (Å²) in [6.45, 7) is 5.59. The number of hydrogen-bond donors (Lipinski definition) is 0. The smallest absolute Gasteiger partial charge is 0.302 e. The predicted molar refractivity (Wildman–Crippen MR) is 48.9 cm³/mol. The Kier molecular flexibility index (Phi) is 2.89. The molecule has 1 aliphatic rings. The second kappa shape index (κ2) is 3.30. The van der Waals surface area contributed by atoms with Crippen LogP contribution in [0.1, 0.15) is 20.8 Å². The van der Waals surface area contributed by atoms with Crippen molar-refractivity contribution in [3.8, 4) is 0 Å². The molecule has 5 heteroatoms. The van der Waals surface area contributed by atoms with Gasteiger partial charge in [0.15, 0.2) is 0 Å². The highest BCUT2D eigenvalue weighted by Gasteiger charge is 2.46. The van der Waals surface area contributed by atoms with E-state index < -0.39 is 13.2 Å². The fourth-order valence-corrected chi connectivity index (χ4v) is 3.69. The van der Waals surface area contributed by atoms with Crippen molar-refractivity contribution >= 4 is 19.2 Å². The molecule has 1 aliphatic heterocycles. The Morgan fingerprint density at radius 3 is 2.50 bits per heavy atom. The van der Waals surface area contributed by atoms with E-state index >= 15 is 0 Å². The molecule has 1 rings (SSSR count). The summed E-state index contributed by atoms with van der Waals surface area (Å²) in [7, 11) is -2.88. The van der Waals surface area contributed by atoms with Crippen LogP contribution in [0, 0.1) is 0 Å². The summed E-state index contributed by atoms with van der Waals surface area (Å²) < 4.78 is 22.3.